The molecule has 1 aromatic heterocycles. The highest BCUT2D eigenvalue weighted by Gasteiger charge is 2.50. The normalized spacial score (nSPS) is 23.9. The summed E-state index contributed by atoms with van der Waals surface area (Å²) in [6.45, 7) is 3.98. The number of amides is 2. The molecule has 0 saturated heterocycles. The number of nitrogens with one attached hydrogen (secondary N) is 1. The van der Waals surface area contributed by atoms with E-state index in [1.54, 1.807) is 25.1 Å². The molecule has 0 bridgehead atoms. The second-order valence-electron chi connectivity index (χ2n) is 9.48. The molecule has 1 N–H and O–H groups in total. The zero-order chi connectivity index (χ0) is 25.3. The molecule has 188 valence electrons. The number of hydrogen-bond donors (Lipinski definition) is 1. The third-order valence-corrected chi connectivity index (χ3v) is 6.98. The minimum absolute atomic E-state index is 0.00458. The van der Waals surface area contributed by atoms with E-state index in [-0.39, 0.29) is 29.9 Å². The quantitative estimate of drug-likeness (QED) is 0.628. The van der Waals surface area contributed by atoms with Crippen LogP contribution in [0.1, 0.15) is 60.5 Å². The van der Waals surface area contributed by atoms with Gasteiger partial charge in [0.1, 0.15) is 22.7 Å². The maximum atomic E-state index is 13.8. The van der Waals surface area contributed by atoms with Gasteiger partial charge in [0.2, 0.25) is 5.91 Å². The van der Waals surface area contributed by atoms with Crippen molar-refractivity contribution in [2.24, 2.45) is 5.92 Å². The molecule has 0 unspecified atom stereocenters. The van der Waals surface area contributed by atoms with Gasteiger partial charge in [-0.15, -0.1) is 0 Å². The van der Waals surface area contributed by atoms with E-state index in [0.29, 0.717) is 23.1 Å². The van der Waals surface area contributed by atoms with Crippen molar-refractivity contribution < 1.29 is 28.6 Å². The zero-order valence-corrected chi connectivity index (χ0v) is 20.8. The fourth-order valence-corrected chi connectivity index (χ4v) is 4.86. The minimum atomic E-state index is -1.33. The second-order valence-corrected chi connectivity index (χ2v) is 9.48. The predicted octanol–water partition coefficient (Wildman–Crippen LogP) is 2.80. The third kappa shape index (κ3) is 4.56. The molecule has 10 nitrogen and oxygen atoms in total. The van der Waals surface area contributed by atoms with Crippen molar-refractivity contribution in [3.8, 4) is 11.5 Å². The molecule has 1 aliphatic heterocycles. The lowest BCUT2D eigenvalue weighted by Gasteiger charge is -2.44. The van der Waals surface area contributed by atoms with Gasteiger partial charge in [-0.05, 0) is 38.5 Å². The molecule has 1 atom stereocenters. The van der Waals surface area contributed by atoms with Gasteiger partial charge < -0.3 is 19.5 Å². The number of esters is 1. The number of fused-ring (bicyclic) bond motifs is 1. The lowest BCUT2D eigenvalue weighted by atomic mass is 9.86. The number of benzene rings is 1. The predicted molar refractivity (Wildman–Crippen MR) is 128 cm³/mol. The van der Waals surface area contributed by atoms with E-state index in [1.807, 2.05) is 0 Å². The number of rotatable bonds is 6. The van der Waals surface area contributed by atoms with Crippen molar-refractivity contribution in [1.82, 2.24) is 15.1 Å². The minimum Gasteiger partial charge on any atom is -0.497 e. The van der Waals surface area contributed by atoms with Crippen molar-refractivity contribution in [3.05, 3.63) is 35.7 Å². The van der Waals surface area contributed by atoms with Crippen LogP contribution in [0.2, 0.25) is 0 Å². The summed E-state index contributed by atoms with van der Waals surface area (Å²) in [6, 6.07) is 6.48. The van der Waals surface area contributed by atoms with Crippen LogP contribution in [0.25, 0.3) is 0 Å². The van der Waals surface area contributed by atoms with Crippen LogP contribution in [0.4, 0.5) is 5.69 Å². The Morgan fingerprint density at radius 1 is 1.03 bits per heavy atom. The summed E-state index contributed by atoms with van der Waals surface area (Å²) in [6.07, 6.45) is 3.87. The number of carbonyl (C=O) groups excluding carboxylic acids is 3. The first kappa shape index (κ1) is 24.6. The molecule has 2 aromatic rings. The summed E-state index contributed by atoms with van der Waals surface area (Å²) >= 11 is 0. The van der Waals surface area contributed by atoms with Gasteiger partial charge in [-0.1, -0.05) is 6.92 Å². The van der Waals surface area contributed by atoms with Crippen LogP contribution in [0.5, 0.6) is 11.5 Å². The topological polar surface area (TPSA) is 112 Å². The second kappa shape index (κ2) is 9.59. The Morgan fingerprint density at radius 2 is 1.66 bits per heavy atom. The van der Waals surface area contributed by atoms with Gasteiger partial charge in [-0.25, -0.2) is 4.79 Å². The van der Waals surface area contributed by atoms with Crippen LogP contribution in [0.15, 0.2) is 24.3 Å². The smallest absolute Gasteiger partial charge is 0.358 e. The standard InChI is InChI=1S/C25H32N4O6/c1-15-6-8-16(9-7-15)26-24(32)25(2)14-28-21(13-20(27-28)23(31)35-5)22(30)29(25)17-10-18(33-3)12-19(11-17)34-4/h10-13,15-16H,6-9,14H2,1-5H3,(H,26,32)/t15?,16?,25-/m1/s1. The van der Waals surface area contributed by atoms with Crippen molar-refractivity contribution >= 4 is 23.5 Å². The van der Waals surface area contributed by atoms with Crippen LogP contribution in [0.3, 0.4) is 0 Å². The van der Waals surface area contributed by atoms with E-state index in [1.165, 1.54) is 37.0 Å². The van der Waals surface area contributed by atoms with Crippen molar-refractivity contribution in [2.75, 3.05) is 26.2 Å². The van der Waals surface area contributed by atoms with Crippen molar-refractivity contribution in [2.45, 2.75) is 57.7 Å². The van der Waals surface area contributed by atoms with E-state index in [9.17, 15) is 14.4 Å². The summed E-state index contributed by atoms with van der Waals surface area (Å²) in [4.78, 5) is 41.2. The number of nitrogens with zero attached hydrogens (tertiary/aromatic N) is 3. The van der Waals surface area contributed by atoms with Gasteiger partial charge in [-0.2, -0.15) is 5.10 Å². The summed E-state index contributed by atoms with van der Waals surface area (Å²) in [5, 5.41) is 7.44. The van der Waals surface area contributed by atoms with Crippen molar-refractivity contribution in [1.29, 1.82) is 0 Å². The lowest BCUT2D eigenvalue weighted by Crippen LogP contribution is -2.65. The maximum Gasteiger partial charge on any atom is 0.358 e. The van der Waals surface area contributed by atoms with Gasteiger partial charge in [0.05, 0.1) is 33.6 Å². The highest BCUT2D eigenvalue weighted by atomic mass is 16.5. The average Bonchev–Trinajstić information content (AvgIpc) is 3.28. The van der Waals surface area contributed by atoms with E-state index < -0.39 is 17.4 Å². The fourth-order valence-electron chi connectivity index (χ4n) is 4.86. The van der Waals surface area contributed by atoms with Crippen molar-refractivity contribution in [3.63, 3.8) is 0 Å². The Kier molecular flexibility index (Phi) is 6.73. The SMILES string of the molecule is COC(=O)c1cc2n(n1)C[C@](C)(C(=O)NC1CCC(C)CC1)N(c1cc(OC)cc(OC)c1)C2=O. The van der Waals surface area contributed by atoms with E-state index in [2.05, 4.69) is 17.3 Å². The molecule has 2 amide bonds. The molecule has 1 aromatic carbocycles. The van der Waals surface area contributed by atoms with Crippen LogP contribution in [0, 0.1) is 5.92 Å². The first-order chi connectivity index (χ1) is 16.7. The Hall–Kier alpha value is -3.56. The molecule has 0 radical (unpaired) electrons. The number of anilines is 1. The molecule has 0 spiro atoms. The molecule has 1 fully saturated rings. The van der Waals surface area contributed by atoms with E-state index in [0.717, 1.165) is 25.7 Å². The third-order valence-electron chi connectivity index (χ3n) is 6.98. The van der Waals surface area contributed by atoms with Gasteiger partial charge >= 0.3 is 5.97 Å². The summed E-state index contributed by atoms with van der Waals surface area (Å²) in [5.74, 6) is 0.184. The molecule has 10 heteroatoms. The number of ether oxygens (including phenoxy) is 3. The highest BCUT2D eigenvalue weighted by molar-refractivity contribution is 6.12. The van der Waals surface area contributed by atoms with Crippen LogP contribution >= 0.6 is 0 Å². The highest BCUT2D eigenvalue weighted by Crippen LogP contribution is 2.37. The first-order valence-corrected chi connectivity index (χ1v) is 11.7. The number of aromatic nitrogens is 2. The first-order valence-electron chi connectivity index (χ1n) is 11.7. The largest absolute Gasteiger partial charge is 0.497 e. The van der Waals surface area contributed by atoms with Crippen LogP contribution in [-0.2, 0) is 16.1 Å². The number of carbonyl (C=O) groups is 3. The summed E-state index contributed by atoms with van der Waals surface area (Å²) in [5.41, 5.74) is -0.703. The lowest BCUT2D eigenvalue weighted by molar-refractivity contribution is -0.127. The number of methoxy groups -OCH3 is 3. The van der Waals surface area contributed by atoms with E-state index in [4.69, 9.17) is 14.2 Å². The average molecular weight is 485 g/mol. The van der Waals surface area contributed by atoms with Gasteiger partial charge in [0.25, 0.3) is 5.91 Å². The monoisotopic (exact) mass is 484 g/mol. The molecule has 2 heterocycles. The van der Waals surface area contributed by atoms with Gasteiger partial charge in [-0.3, -0.25) is 19.2 Å². The maximum absolute atomic E-state index is 13.8. The van der Waals surface area contributed by atoms with Crippen LogP contribution < -0.4 is 19.7 Å². The molecule has 4 rings (SSSR count). The molecule has 1 aliphatic carbocycles. The van der Waals surface area contributed by atoms with E-state index >= 15 is 0 Å². The van der Waals surface area contributed by atoms with Crippen LogP contribution in [-0.4, -0.2) is 60.5 Å². The molecule has 35 heavy (non-hydrogen) atoms. The molecular weight excluding hydrogens is 452 g/mol. The molecule has 1 saturated carbocycles. The number of hydrogen-bond acceptors (Lipinski definition) is 7. The Balaban J connectivity index is 1.78. The van der Waals surface area contributed by atoms with Gasteiger partial charge in [0, 0.05) is 30.3 Å². The summed E-state index contributed by atoms with van der Waals surface area (Å²) in [7, 11) is 4.29. The summed E-state index contributed by atoms with van der Waals surface area (Å²) < 4.78 is 17.0. The zero-order valence-electron chi connectivity index (χ0n) is 20.8. The molecule has 2 aliphatic rings. The Bertz CT molecular complexity index is 1110. The van der Waals surface area contributed by atoms with Gasteiger partial charge in [0.15, 0.2) is 5.69 Å². The Labute approximate surface area is 204 Å². The fraction of sp³-hybridized carbons (Fsp3) is 0.520. The molecular formula is C25H32N4O6. The Morgan fingerprint density at radius 3 is 2.23 bits per heavy atom.